The summed E-state index contributed by atoms with van der Waals surface area (Å²) < 4.78 is 22.5. The van der Waals surface area contributed by atoms with Crippen LogP contribution >= 0.6 is 23.5 Å². The molecule has 0 saturated heterocycles. The first kappa shape index (κ1) is 32.7. The van der Waals surface area contributed by atoms with Gasteiger partial charge in [0.2, 0.25) is 11.8 Å². The molecule has 0 amide bonds. The predicted molar refractivity (Wildman–Crippen MR) is 175 cm³/mol. The number of ether oxygens (including phenoxy) is 2. The fourth-order valence-corrected chi connectivity index (χ4v) is 6.16. The third-order valence-corrected chi connectivity index (χ3v) is 8.76. The van der Waals surface area contributed by atoms with E-state index in [1.165, 1.54) is 0 Å². The summed E-state index contributed by atoms with van der Waals surface area (Å²) in [5, 5.41) is 17.5. The van der Waals surface area contributed by atoms with Gasteiger partial charge in [0, 0.05) is 45.3 Å². The van der Waals surface area contributed by atoms with Gasteiger partial charge in [-0.2, -0.15) is 0 Å². The van der Waals surface area contributed by atoms with E-state index in [0.29, 0.717) is 23.3 Å². The first-order chi connectivity index (χ1) is 22.2. The molecule has 0 atom stereocenters. The van der Waals surface area contributed by atoms with E-state index in [1.807, 2.05) is 62.4 Å². The fourth-order valence-electron chi connectivity index (χ4n) is 4.44. The van der Waals surface area contributed by atoms with E-state index in [-0.39, 0.29) is 13.2 Å². The number of nitrogens with zero attached hydrogens (tertiary/aromatic N) is 2. The molecule has 238 valence electrons. The molecular weight excluding hydrogens is 629 g/mol. The van der Waals surface area contributed by atoms with Crippen LogP contribution in [0.15, 0.2) is 91.4 Å². The van der Waals surface area contributed by atoms with Crippen LogP contribution in [0.1, 0.15) is 22.9 Å². The van der Waals surface area contributed by atoms with E-state index >= 15 is 0 Å². The maximum Gasteiger partial charge on any atom is 0.341 e. The fraction of sp³-hybridized carbons (Fsp3) is 0.235. The van der Waals surface area contributed by atoms with Gasteiger partial charge in [0.1, 0.15) is 23.0 Å². The standard InChI is InChI=1S/C34H32N2O8S2/c1-21-29(14-16-45-27-10-6-25(7-11-27)41-19-31(37)38)35-33(43-21)23-4-3-5-24(18-23)34-36-30(22(2)44-34)15-17-46-28-12-8-26(9-13-28)42-20-32(39)40/h3-13,18H,14-17,19-20H2,1-2H3,(H,37,38)(H,39,40). The van der Waals surface area contributed by atoms with Crippen molar-refractivity contribution < 1.29 is 38.1 Å². The minimum Gasteiger partial charge on any atom is -0.482 e. The van der Waals surface area contributed by atoms with Crippen LogP contribution in [0.5, 0.6) is 11.5 Å². The van der Waals surface area contributed by atoms with Gasteiger partial charge in [-0.15, -0.1) is 23.5 Å². The van der Waals surface area contributed by atoms with E-state index in [1.54, 1.807) is 47.8 Å². The highest BCUT2D eigenvalue weighted by atomic mass is 32.2. The number of hydrogen-bond acceptors (Lipinski definition) is 10. The van der Waals surface area contributed by atoms with Gasteiger partial charge in [0.25, 0.3) is 0 Å². The number of hydrogen-bond donors (Lipinski definition) is 2. The predicted octanol–water partition coefficient (Wildman–Crippen LogP) is 7.21. The molecule has 2 heterocycles. The van der Waals surface area contributed by atoms with Crippen LogP contribution in [-0.2, 0) is 22.4 Å². The zero-order valence-corrected chi connectivity index (χ0v) is 26.9. The number of rotatable bonds is 16. The number of aryl methyl sites for hydroxylation is 4. The number of aromatic nitrogens is 2. The lowest BCUT2D eigenvalue weighted by Crippen LogP contribution is -2.09. The molecule has 5 aromatic rings. The lowest BCUT2D eigenvalue weighted by Gasteiger charge is -2.05. The molecule has 0 fully saturated rings. The molecule has 0 unspecified atom stereocenters. The summed E-state index contributed by atoms with van der Waals surface area (Å²) in [5.74, 6) is 3.24. The van der Waals surface area contributed by atoms with Gasteiger partial charge in [-0.25, -0.2) is 19.6 Å². The van der Waals surface area contributed by atoms with E-state index in [9.17, 15) is 9.59 Å². The third-order valence-electron chi connectivity index (χ3n) is 6.73. The molecule has 0 saturated carbocycles. The molecule has 0 aliphatic carbocycles. The van der Waals surface area contributed by atoms with Crippen LogP contribution in [0.2, 0.25) is 0 Å². The van der Waals surface area contributed by atoms with Crippen LogP contribution in [0, 0.1) is 13.8 Å². The normalized spacial score (nSPS) is 11.0. The van der Waals surface area contributed by atoms with Crippen molar-refractivity contribution >= 4 is 35.5 Å². The van der Waals surface area contributed by atoms with Gasteiger partial charge in [-0.1, -0.05) is 6.07 Å². The van der Waals surface area contributed by atoms with Crippen LogP contribution in [0.25, 0.3) is 22.9 Å². The van der Waals surface area contributed by atoms with Gasteiger partial charge in [-0.05, 0) is 80.6 Å². The first-order valence-electron chi connectivity index (χ1n) is 14.4. The number of thioether (sulfide) groups is 2. The van der Waals surface area contributed by atoms with E-state index in [0.717, 1.165) is 68.2 Å². The van der Waals surface area contributed by atoms with Gasteiger partial charge in [-0.3, -0.25) is 0 Å². The summed E-state index contributed by atoms with van der Waals surface area (Å²) in [6.45, 7) is 3.10. The Labute approximate surface area is 274 Å². The maximum atomic E-state index is 10.7. The third kappa shape index (κ3) is 9.18. The second kappa shape index (κ2) is 15.5. The Kier molecular flexibility index (Phi) is 11.1. The highest BCUT2D eigenvalue weighted by Crippen LogP contribution is 2.30. The largest absolute Gasteiger partial charge is 0.482 e. The lowest BCUT2D eigenvalue weighted by molar-refractivity contribution is -0.140. The van der Waals surface area contributed by atoms with Crippen LogP contribution in [-0.4, -0.2) is 56.8 Å². The first-order valence-corrected chi connectivity index (χ1v) is 16.4. The molecule has 2 N–H and O–H groups in total. The number of oxazole rings is 2. The molecule has 10 nitrogen and oxygen atoms in total. The zero-order valence-electron chi connectivity index (χ0n) is 25.2. The number of carbonyl (C=O) groups is 2. The zero-order chi connectivity index (χ0) is 32.5. The average molecular weight is 661 g/mol. The minimum absolute atomic E-state index is 0.365. The Morgan fingerprint density at radius 3 is 1.48 bits per heavy atom. The number of carboxylic acids is 2. The second-order valence-electron chi connectivity index (χ2n) is 10.1. The van der Waals surface area contributed by atoms with Gasteiger partial charge in [0.05, 0.1) is 11.4 Å². The lowest BCUT2D eigenvalue weighted by atomic mass is 10.1. The van der Waals surface area contributed by atoms with Gasteiger partial charge < -0.3 is 28.5 Å². The molecule has 12 heteroatoms. The highest BCUT2D eigenvalue weighted by Gasteiger charge is 2.16. The molecule has 0 aliphatic heterocycles. The van der Waals surface area contributed by atoms with Crippen LogP contribution < -0.4 is 9.47 Å². The van der Waals surface area contributed by atoms with Crippen molar-refractivity contribution in [1.82, 2.24) is 9.97 Å². The van der Waals surface area contributed by atoms with Crippen molar-refractivity contribution in [1.29, 1.82) is 0 Å². The number of benzene rings is 3. The van der Waals surface area contributed by atoms with Crippen LogP contribution in [0.3, 0.4) is 0 Å². The summed E-state index contributed by atoms with van der Waals surface area (Å²) in [6, 6.07) is 22.5. The van der Waals surface area contributed by atoms with E-state index < -0.39 is 11.9 Å². The molecule has 0 bridgehead atoms. The molecule has 0 spiro atoms. The average Bonchev–Trinajstić information content (AvgIpc) is 3.61. The topological polar surface area (TPSA) is 145 Å². The quantitative estimate of drug-likeness (QED) is 0.103. The number of aliphatic carboxylic acids is 2. The molecule has 3 aromatic carbocycles. The molecular formula is C34H32N2O8S2. The van der Waals surface area contributed by atoms with Crippen molar-refractivity contribution in [3.05, 3.63) is 95.7 Å². The van der Waals surface area contributed by atoms with Crippen molar-refractivity contribution in [2.45, 2.75) is 36.5 Å². The summed E-state index contributed by atoms with van der Waals surface area (Å²) in [5.41, 5.74) is 3.45. The molecule has 5 rings (SSSR count). The Balaban J connectivity index is 1.15. The van der Waals surface area contributed by atoms with Crippen molar-refractivity contribution in [3.8, 4) is 34.4 Å². The minimum atomic E-state index is -1.01. The molecule has 46 heavy (non-hydrogen) atoms. The summed E-state index contributed by atoms with van der Waals surface area (Å²) in [7, 11) is 0. The highest BCUT2D eigenvalue weighted by molar-refractivity contribution is 7.99. The number of carboxylic acid groups (broad SMARTS) is 2. The van der Waals surface area contributed by atoms with Gasteiger partial charge >= 0.3 is 11.9 Å². The SMILES string of the molecule is Cc1oc(-c2cccc(-c3nc(CCSc4ccc(OCC(=O)O)cc4)c(C)o3)c2)nc1CCSc1ccc(OCC(=O)O)cc1. The Hall–Kier alpha value is -4.68. The maximum absolute atomic E-state index is 10.7. The summed E-state index contributed by atoms with van der Waals surface area (Å²) in [6.07, 6.45) is 1.44. The second-order valence-corrected chi connectivity index (χ2v) is 12.5. The van der Waals surface area contributed by atoms with E-state index in [4.69, 9.17) is 38.5 Å². The Morgan fingerprint density at radius 1 is 0.674 bits per heavy atom. The Morgan fingerprint density at radius 2 is 1.09 bits per heavy atom. The summed E-state index contributed by atoms with van der Waals surface area (Å²) in [4.78, 5) is 33.0. The van der Waals surface area contributed by atoms with Crippen molar-refractivity contribution in [2.75, 3.05) is 24.7 Å². The van der Waals surface area contributed by atoms with Crippen molar-refractivity contribution in [3.63, 3.8) is 0 Å². The van der Waals surface area contributed by atoms with Gasteiger partial charge in [0.15, 0.2) is 13.2 Å². The molecule has 0 aliphatic rings. The monoisotopic (exact) mass is 660 g/mol. The van der Waals surface area contributed by atoms with E-state index in [2.05, 4.69) is 0 Å². The smallest absolute Gasteiger partial charge is 0.341 e. The summed E-state index contributed by atoms with van der Waals surface area (Å²) >= 11 is 3.35. The Bertz CT molecular complexity index is 1650. The molecule has 0 radical (unpaired) electrons. The van der Waals surface area contributed by atoms with Crippen molar-refractivity contribution in [2.24, 2.45) is 0 Å². The van der Waals surface area contributed by atoms with Crippen LogP contribution in [0.4, 0.5) is 0 Å². The molecule has 2 aromatic heterocycles.